The summed E-state index contributed by atoms with van der Waals surface area (Å²) in [4.78, 5) is 9.33. The van der Waals surface area contributed by atoms with Crippen molar-refractivity contribution in [1.82, 2.24) is 14.5 Å². The van der Waals surface area contributed by atoms with E-state index < -0.39 is 0 Å². The van der Waals surface area contributed by atoms with E-state index in [0.29, 0.717) is 0 Å². The van der Waals surface area contributed by atoms with Gasteiger partial charge in [0.05, 0.1) is 11.2 Å². The molecule has 4 nitrogen and oxygen atoms in total. The van der Waals surface area contributed by atoms with Crippen LogP contribution in [0.1, 0.15) is 12.1 Å². The number of anilines is 1. The second kappa shape index (κ2) is 6.20. The summed E-state index contributed by atoms with van der Waals surface area (Å²) in [5, 5.41) is 2.60. The lowest BCUT2D eigenvalue weighted by atomic mass is 10.1. The van der Waals surface area contributed by atoms with E-state index in [1.807, 2.05) is 0 Å². The van der Waals surface area contributed by atoms with Crippen LogP contribution in [0.25, 0.3) is 21.8 Å². The monoisotopic (exact) mass is 310 g/mol. The molecule has 3 rings (SSSR count). The minimum absolute atomic E-state index is 1.01. The Balaban J connectivity index is 2.02. The van der Waals surface area contributed by atoms with E-state index in [0.717, 1.165) is 31.0 Å². The second-order valence-electron chi connectivity index (χ2n) is 6.62. The Morgan fingerprint density at radius 2 is 1.78 bits per heavy atom. The summed E-state index contributed by atoms with van der Waals surface area (Å²) in [5.41, 5.74) is 3.59. The van der Waals surface area contributed by atoms with Gasteiger partial charge in [-0.25, -0.2) is 4.98 Å². The maximum atomic E-state index is 4.85. The predicted octanol–water partition coefficient (Wildman–Crippen LogP) is 3.42. The molecule has 0 aliphatic carbocycles. The summed E-state index contributed by atoms with van der Waals surface area (Å²) in [6.45, 7) is 4.22. The molecule has 0 aliphatic rings. The first-order chi connectivity index (χ1) is 11.0. The molecule has 0 fully saturated rings. The van der Waals surface area contributed by atoms with Gasteiger partial charge in [-0.05, 0) is 46.1 Å². The number of aryl methyl sites for hydroxylation is 2. The first-order valence-electron chi connectivity index (χ1n) is 8.19. The van der Waals surface area contributed by atoms with Crippen molar-refractivity contribution < 1.29 is 0 Å². The Bertz CT molecular complexity index is 832. The van der Waals surface area contributed by atoms with Gasteiger partial charge in [-0.15, -0.1) is 0 Å². The number of nitrogens with zero attached hydrogens (tertiary/aromatic N) is 4. The van der Waals surface area contributed by atoms with Crippen LogP contribution in [0.2, 0.25) is 0 Å². The molecule has 0 bridgehead atoms. The minimum atomic E-state index is 1.01. The number of benzene rings is 1. The van der Waals surface area contributed by atoms with Crippen molar-refractivity contribution in [2.45, 2.75) is 13.3 Å². The molecule has 0 saturated heterocycles. The number of hydrogen-bond acceptors (Lipinski definition) is 3. The first kappa shape index (κ1) is 15.8. The summed E-state index contributed by atoms with van der Waals surface area (Å²) in [6.07, 6.45) is 1.14. The molecule has 2 aromatic heterocycles. The van der Waals surface area contributed by atoms with Gasteiger partial charge in [0.1, 0.15) is 5.82 Å². The maximum absolute atomic E-state index is 4.85. The van der Waals surface area contributed by atoms with Crippen molar-refractivity contribution >= 4 is 27.6 Å². The van der Waals surface area contributed by atoms with Crippen LogP contribution in [0.5, 0.6) is 0 Å². The highest BCUT2D eigenvalue weighted by Crippen LogP contribution is 2.31. The van der Waals surface area contributed by atoms with Gasteiger partial charge < -0.3 is 14.4 Å². The SMILES string of the molecule is Cc1nc(N(C)CCCN(C)C)cc2c3ccccc3n(C)c12. The lowest BCUT2D eigenvalue weighted by Crippen LogP contribution is -2.24. The molecular formula is C19H26N4. The lowest BCUT2D eigenvalue weighted by molar-refractivity contribution is 0.401. The zero-order chi connectivity index (χ0) is 16.6. The summed E-state index contributed by atoms with van der Waals surface area (Å²) in [6, 6.07) is 10.8. The van der Waals surface area contributed by atoms with Gasteiger partial charge >= 0.3 is 0 Å². The standard InChI is InChI=1S/C19H26N4/c1-14-19-16(15-9-6-7-10-17(15)23(19)5)13-18(20-14)22(4)12-8-11-21(2)3/h6-7,9-10,13H,8,11-12H2,1-5H3. The molecule has 0 unspecified atom stereocenters. The van der Waals surface area contributed by atoms with E-state index in [1.54, 1.807) is 0 Å². The third-order valence-electron chi connectivity index (χ3n) is 4.53. The first-order valence-corrected chi connectivity index (χ1v) is 8.19. The number of rotatable bonds is 5. The van der Waals surface area contributed by atoms with Gasteiger partial charge in [0.15, 0.2) is 0 Å². The normalized spacial score (nSPS) is 11.7. The molecule has 0 aliphatic heterocycles. The van der Waals surface area contributed by atoms with Crippen LogP contribution in [-0.4, -0.2) is 48.7 Å². The molecule has 1 aromatic carbocycles. The third-order valence-corrected chi connectivity index (χ3v) is 4.53. The molecule has 4 heteroatoms. The zero-order valence-electron chi connectivity index (χ0n) is 14.8. The molecule has 0 N–H and O–H groups in total. The van der Waals surface area contributed by atoms with Crippen molar-refractivity contribution in [2.75, 3.05) is 39.1 Å². The molecule has 0 atom stereocenters. The molecule has 23 heavy (non-hydrogen) atoms. The topological polar surface area (TPSA) is 24.3 Å². The van der Waals surface area contributed by atoms with Gasteiger partial charge in [0, 0.05) is 36.9 Å². The Hall–Kier alpha value is -2.07. The van der Waals surface area contributed by atoms with Crippen LogP contribution >= 0.6 is 0 Å². The highest BCUT2D eigenvalue weighted by molar-refractivity contribution is 6.09. The number of fused-ring (bicyclic) bond motifs is 3. The van der Waals surface area contributed by atoms with Gasteiger partial charge in [-0.3, -0.25) is 0 Å². The largest absolute Gasteiger partial charge is 0.360 e. The zero-order valence-corrected chi connectivity index (χ0v) is 14.8. The molecule has 3 aromatic rings. The van der Waals surface area contributed by atoms with Crippen LogP contribution in [0.3, 0.4) is 0 Å². The van der Waals surface area contributed by atoms with E-state index in [2.05, 4.69) is 79.8 Å². The van der Waals surface area contributed by atoms with E-state index in [1.165, 1.54) is 21.8 Å². The van der Waals surface area contributed by atoms with E-state index in [9.17, 15) is 0 Å². The Kier molecular flexibility index (Phi) is 4.26. The Morgan fingerprint density at radius 3 is 2.52 bits per heavy atom. The number of para-hydroxylation sites is 1. The Labute approximate surface area is 138 Å². The van der Waals surface area contributed by atoms with Crippen LogP contribution in [0.4, 0.5) is 5.82 Å². The Morgan fingerprint density at radius 1 is 1.04 bits per heavy atom. The molecule has 0 saturated carbocycles. The summed E-state index contributed by atoms with van der Waals surface area (Å²) in [7, 11) is 8.49. The number of hydrogen-bond donors (Lipinski definition) is 0. The van der Waals surface area contributed by atoms with Crippen molar-refractivity contribution in [3.05, 3.63) is 36.0 Å². The average molecular weight is 310 g/mol. The van der Waals surface area contributed by atoms with Crippen LogP contribution < -0.4 is 4.90 Å². The lowest BCUT2D eigenvalue weighted by Gasteiger charge is -2.20. The highest BCUT2D eigenvalue weighted by atomic mass is 15.2. The van der Waals surface area contributed by atoms with E-state index in [-0.39, 0.29) is 0 Å². The second-order valence-corrected chi connectivity index (χ2v) is 6.62. The molecule has 0 spiro atoms. The molecular weight excluding hydrogens is 284 g/mol. The molecule has 122 valence electrons. The fourth-order valence-corrected chi connectivity index (χ4v) is 3.33. The third kappa shape index (κ3) is 2.91. The van der Waals surface area contributed by atoms with Crippen LogP contribution in [0.15, 0.2) is 30.3 Å². The summed E-state index contributed by atoms with van der Waals surface area (Å²) < 4.78 is 2.25. The van der Waals surface area contributed by atoms with Gasteiger partial charge in [-0.1, -0.05) is 18.2 Å². The summed E-state index contributed by atoms with van der Waals surface area (Å²) >= 11 is 0. The predicted molar refractivity (Wildman–Crippen MR) is 99.4 cm³/mol. The number of pyridine rings is 1. The van der Waals surface area contributed by atoms with E-state index >= 15 is 0 Å². The van der Waals surface area contributed by atoms with Crippen molar-refractivity contribution in [2.24, 2.45) is 7.05 Å². The van der Waals surface area contributed by atoms with Gasteiger partial charge in [0.25, 0.3) is 0 Å². The van der Waals surface area contributed by atoms with Crippen molar-refractivity contribution in [3.8, 4) is 0 Å². The van der Waals surface area contributed by atoms with Gasteiger partial charge in [0.2, 0.25) is 0 Å². The minimum Gasteiger partial charge on any atom is -0.360 e. The molecule has 0 radical (unpaired) electrons. The summed E-state index contributed by atoms with van der Waals surface area (Å²) in [5.74, 6) is 1.06. The fraction of sp³-hybridized carbons (Fsp3) is 0.421. The van der Waals surface area contributed by atoms with Crippen molar-refractivity contribution in [3.63, 3.8) is 0 Å². The molecule has 0 amide bonds. The van der Waals surface area contributed by atoms with Crippen LogP contribution in [-0.2, 0) is 7.05 Å². The maximum Gasteiger partial charge on any atom is 0.129 e. The van der Waals surface area contributed by atoms with E-state index in [4.69, 9.17) is 4.98 Å². The highest BCUT2D eigenvalue weighted by Gasteiger charge is 2.13. The smallest absolute Gasteiger partial charge is 0.129 e. The van der Waals surface area contributed by atoms with Crippen molar-refractivity contribution in [1.29, 1.82) is 0 Å². The fourth-order valence-electron chi connectivity index (χ4n) is 3.33. The quantitative estimate of drug-likeness (QED) is 0.721. The van der Waals surface area contributed by atoms with Crippen LogP contribution in [0, 0.1) is 6.92 Å². The number of aromatic nitrogens is 2. The average Bonchev–Trinajstić information content (AvgIpc) is 2.81. The molecule has 2 heterocycles. The van der Waals surface area contributed by atoms with Gasteiger partial charge in [-0.2, -0.15) is 0 Å².